The smallest absolute Gasteiger partial charge is 0.287 e. The van der Waals surface area contributed by atoms with E-state index in [4.69, 9.17) is 10.2 Å². The van der Waals surface area contributed by atoms with Crippen LogP contribution in [0.4, 0.5) is 0 Å². The van der Waals surface area contributed by atoms with Gasteiger partial charge in [-0.25, -0.2) is 0 Å². The van der Waals surface area contributed by atoms with Gasteiger partial charge in [0, 0.05) is 19.6 Å². The molecule has 1 heterocycles. The highest BCUT2D eigenvalue weighted by Crippen LogP contribution is 2.05. The number of hydrogen-bond acceptors (Lipinski definition) is 4. The van der Waals surface area contributed by atoms with Crippen LogP contribution in [0.5, 0.6) is 0 Å². The minimum absolute atomic E-state index is 0. The molecule has 0 saturated carbocycles. The third-order valence-corrected chi connectivity index (χ3v) is 3.69. The molecule has 1 unspecified atom stereocenters. The van der Waals surface area contributed by atoms with Crippen LogP contribution < -0.4 is 11.1 Å². The van der Waals surface area contributed by atoms with Gasteiger partial charge < -0.3 is 20.4 Å². The van der Waals surface area contributed by atoms with E-state index in [0.717, 1.165) is 12.0 Å². The molecule has 7 heteroatoms. The first-order valence-corrected chi connectivity index (χ1v) is 7.99. The quantitative estimate of drug-likeness (QED) is 0.747. The van der Waals surface area contributed by atoms with E-state index in [9.17, 15) is 9.59 Å². The van der Waals surface area contributed by atoms with Crippen LogP contribution in [0, 0.1) is 0 Å². The van der Waals surface area contributed by atoms with Crippen LogP contribution >= 0.6 is 12.4 Å². The second-order valence-corrected chi connectivity index (χ2v) is 5.52. The summed E-state index contributed by atoms with van der Waals surface area (Å²) in [6.07, 6.45) is 2.16. The molecule has 0 aliphatic carbocycles. The average molecular weight is 366 g/mol. The zero-order chi connectivity index (χ0) is 17.4. The van der Waals surface area contributed by atoms with Crippen LogP contribution in [-0.4, -0.2) is 42.4 Å². The normalized spacial score (nSPS) is 11.3. The molecule has 0 bridgehead atoms. The van der Waals surface area contributed by atoms with Gasteiger partial charge in [0.15, 0.2) is 5.76 Å². The molecule has 136 valence electrons. The lowest BCUT2D eigenvalue weighted by molar-refractivity contribution is -0.132. The summed E-state index contributed by atoms with van der Waals surface area (Å²) in [6.45, 7) is 3.04. The van der Waals surface area contributed by atoms with Crippen molar-refractivity contribution < 1.29 is 14.0 Å². The molecule has 25 heavy (non-hydrogen) atoms. The predicted molar refractivity (Wildman–Crippen MR) is 98.7 cm³/mol. The number of amides is 2. The summed E-state index contributed by atoms with van der Waals surface area (Å²) in [7, 11) is 0. The maximum absolute atomic E-state index is 12.6. The molecule has 2 rings (SSSR count). The highest BCUT2D eigenvalue weighted by atomic mass is 35.5. The van der Waals surface area contributed by atoms with Gasteiger partial charge in [-0.3, -0.25) is 9.59 Å². The van der Waals surface area contributed by atoms with Crippen molar-refractivity contribution >= 4 is 24.2 Å². The minimum atomic E-state index is -0.648. The number of benzene rings is 1. The van der Waals surface area contributed by atoms with E-state index in [1.54, 1.807) is 24.0 Å². The summed E-state index contributed by atoms with van der Waals surface area (Å²) in [5.74, 6) is -0.378. The largest absolute Gasteiger partial charge is 0.459 e. The number of nitrogens with one attached hydrogen (secondary N) is 1. The highest BCUT2D eigenvalue weighted by Gasteiger charge is 2.22. The van der Waals surface area contributed by atoms with Crippen LogP contribution in [-0.2, 0) is 11.2 Å². The molecule has 0 aliphatic rings. The number of hydrogen-bond donors (Lipinski definition) is 2. The highest BCUT2D eigenvalue weighted by molar-refractivity contribution is 5.95. The van der Waals surface area contributed by atoms with E-state index in [0.29, 0.717) is 19.6 Å². The zero-order valence-corrected chi connectivity index (χ0v) is 15.0. The summed E-state index contributed by atoms with van der Waals surface area (Å²) in [4.78, 5) is 26.2. The zero-order valence-electron chi connectivity index (χ0n) is 14.2. The van der Waals surface area contributed by atoms with Gasteiger partial charge in [-0.2, -0.15) is 0 Å². The Hall–Kier alpha value is -2.31. The molecule has 1 aromatic carbocycles. The third kappa shape index (κ3) is 6.25. The topological polar surface area (TPSA) is 88.6 Å². The Balaban J connectivity index is 0.00000312. The van der Waals surface area contributed by atoms with Gasteiger partial charge in [0.2, 0.25) is 5.91 Å². The molecule has 0 fully saturated rings. The summed E-state index contributed by atoms with van der Waals surface area (Å²) >= 11 is 0. The fourth-order valence-electron chi connectivity index (χ4n) is 2.41. The van der Waals surface area contributed by atoms with Crippen LogP contribution in [0.2, 0.25) is 0 Å². The van der Waals surface area contributed by atoms with Gasteiger partial charge in [-0.1, -0.05) is 30.3 Å². The van der Waals surface area contributed by atoms with Crippen molar-refractivity contribution in [1.29, 1.82) is 0 Å². The van der Waals surface area contributed by atoms with Crippen molar-refractivity contribution in [3.63, 3.8) is 0 Å². The molecule has 1 atom stereocenters. The Morgan fingerprint density at radius 1 is 1.16 bits per heavy atom. The first-order valence-electron chi connectivity index (χ1n) is 7.99. The molecule has 1 aromatic heterocycles. The first-order chi connectivity index (χ1) is 11.6. The SMILES string of the molecule is CC(NC(=O)c1ccco1)C(=O)N(CCN)CCc1ccccc1.Cl. The van der Waals surface area contributed by atoms with Gasteiger partial charge in [0.25, 0.3) is 5.91 Å². The molecular formula is C18H24ClN3O3. The standard InChI is InChI=1S/C18H23N3O3.ClH/c1-14(20-17(22)16-8-5-13-24-16)18(23)21(12-10-19)11-9-15-6-3-2-4-7-15;/h2-8,13-14H,9-12,19H2,1H3,(H,20,22);1H. The Kier molecular flexibility index (Phi) is 8.74. The predicted octanol–water partition coefficient (Wildman–Crippen LogP) is 1.85. The minimum Gasteiger partial charge on any atom is -0.459 e. The van der Waals surface area contributed by atoms with Crippen molar-refractivity contribution in [2.75, 3.05) is 19.6 Å². The van der Waals surface area contributed by atoms with Crippen LogP contribution in [0.25, 0.3) is 0 Å². The number of rotatable bonds is 8. The number of halogens is 1. The van der Waals surface area contributed by atoms with E-state index in [1.807, 2.05) is 30.3 Å². The van der Waals surface area contributed by atoms with Crippen LogP contribution in [0.3, 0.4) is 0 Å². The van der Waals surface area contributed by atoms with E-state index < -0.39 is 11.9 Å². The monoisotopic (exact) mass is 365 g/mol. The lowest BCUT2D eigenvalue weighted by atomic mass is 10.1. The van der Waals surface area contributed by atoms with Crippen LogP contribution in [0.15, 0.2) is 53.1 Å². The molecule has 2 aromatic rings. The molecule has 0 saturated heterocycles. The number of nitrogens with zero attached hydrogens (tertiary/aromatic N) is 1. The molecular weight excluding hydrogens is 342 g/mol. The summed E-state index contributed by atoms with van der Waals surface area (Å²) < 4.78 is 5.03. The Bertz CT molecular complexity index is 647. The van der Waals surface area contributed by atoms with Gasteiger partial charge in [0.05, 0.1) is 6.26 Å². The maximum Gasteiger partial charge on any atom is 0.287 e. The van der Waals surface area contributed by atoms with E-state index in [1.165, 1.54) is 6.26 Å². The van der Waals surface area contributed by atoms with Gasteiger partial charge in [0.1, 0.15) is 6.04 Å². The van der Waals surface area contributed by atoms with Crippen molar-refractivity contribution in [3.8, 4) is 0 Å². The molecule has 0 radical (unpaired) electrons. The number of carbonyl (C=O) groups is 2. The third-order valence-electron chi connectivity index (χ3n) is 3.69. The molecule has 6 nitrogen and oxygen atoms in total. The van der Waals surface area contributed by atoms with Gasteiger partial charge in [-0.05, 0) is 31.0 Å². The van der Waals surface area contributed by atoms with Crippen molar-refractivity contribution in [3.05, 3.63) is 60.1 Å². The van der Waals surface area contributed by atoms with Gasteiger partial charge >= 0.3 is 0 Å². The fourth-order valence-corrected chi connectivity index (χ4v) is 2.41. The molecule has 3 N–H and O–H groups in total. The number of carbonyl (C=O) groups excluding carboxylic acids is 2. The fraction of sp³-hybridized carbons (Fsp3) is 0.333. The van der Waals surface area contributed by atoms with Crippen LogP contribution in [0.1, 0.15) is 23.0 Å². The lowest BCUT2D eigenvalue weighted by Gasteiger charge is -2.25. The Morgan fingerprint density at radius 2 is 1.88 bits per heavy atom. The number of nitrogens with two attached hydrogens (primary N) is 1. The van der Waals surface area contributed by atoms with E-state index >= 15 is 0 Å². The first kappa shape index (κ1) is 20.7. The summed E-state index contributed by atoms with van der Waals surface area (Å²) in [5, 5.41) is 2.65. The molecule has 0 spiro atoms. The Morgan fingerprint density at radius 3 is 2.48 bits per heavy atom. The second kappa shape index (κ2) is 10.5. The van der Waals surface area contributed by atoms with E-state index in [2.05, 4.69) is 5.32 Å². The molecule has 0 aliphatic heterocycles. The summed E-state index contributed by atoms with van der Waals surface area (Å²) in [5.41, 5.74) is 6.77. The maximum atomic E-state index is 12.6. The van der Waals surface area contributed by atoms with Crippen molar-refractivity contribution in [1.82, 2.24) is 10.2 Å². The average Bonchev–Trinajstić information content (AvgIpc) is 3.13. The van der Waals surface area contributed by atoms with E-state index in [-0.39, 0.29) is 24.1 Å². The van der Waals surface area contributed by atoms with Crippen molar-refractivity contribution in [2.24, 2.45) is 5.73 Å². The summed E-state index contributed by atoms with van der Waals surface area (Å²) in [6, 6.07) is 12.5. The van der Waals surface area contributed by atoms with Crippen molar-refractivity contribution in [2.45, 2.75) is 19.4 Å². The second-order valence-electron chi connectivity index (χ2n) is 5.52. The number of furan rings is 1. The lowest BCUT2D eigenvalue weighted by Crippen LogP contribution is -2.48. The van der Waals surface area contributed by atoms with Gasteiger partial charge in [-0.15, -0.1) is 12.4 Å². The molecule has 2 amide bonds. The Labute approximate surface area is 153 Å².